The topological polar surface area (TPSA) is 67.6 Å². The molecular formula is C21H32N6O. The molecule has 0 saturated carbocycles. The second kappa shape index (κ2) is 10.7. The van der Waals surface area contributed by atoms with E-state index in [9.17, 15) is 0 Å². The van der Waals surface area contributed by atoms with E-state index in [0.717, 1.165) is 62.3 Å². The molecule has 2 aromatic rings. The molecule has 0 unspecified atom stereocenters. The van der Waals surface area contributed by atoms with E-state index in [4.69, 9.17) is 4.74 Å². The van der Waals surface area contributed by atoms with E-state index in [1.807, 2.05) is 44.4 Å². The predicted octanol–water partition coefficient (Wildman–Crippen LogP) is 2.52. The maximum Gasteiger partial charge on any atom is 0.193 e. The van der Waals surface area contributed by atoms with Gasteiger partial charge in [-0.05, 0) is 31.4 Å². The van der Waals surface area contributed by atoms with Crippen LogP contribution in [0.25, 0.3) is 0 Å². The Bertz CT molecular complexity index is 743. The van der Waals surface area contributed by atoms with Gasteiger partial charge in [0.1, 0.15) is 24.0 Å². The van der Waals surface area contributed by atoms with E-state index in [2.05, 4.69) is 30.0 Å². The number of hydrogen-bond acceptors (Lipinski definition) is 4. The summed E-state index contributed by atoms with van der Waals surface area (Å²) >= 11 is 0. The van der Waals surface area contributed by atoms with Gasteiger partial charge in [0.2, 0.25) is 0 Å². The van der Waals surface area contributed by atoms with Gasteiger partial charge in [-0.1, -0.05) is 24.6 Å². The Morgan fingerprint density at radius 3 is 2.89 bits per heavy atom. The highest BCUT2D eigenvalue weighted by Crippen LogP contribution is 2.15. The lowest BCUT2D eigenvalue weighted by Gasteiger charge is -2.22. The van der Waals surface area contributed by atoms with Gasteiger partial charge in [-0.15, -0.1) is 10.2 Å². The molecule has 0 radical (unpaired) electrons. The van der Waals surface area contributed by atoms with Crippen molar-refractivity contribution in [3.05, 3.63) is 42.0 Å². The van der Waals surface area contributed by atoms with E-state index in [1.165, 1.54) is 19.3 Å². The monoisotopic (exact) mass is 384 g/mol. The van der Waals surface area contributed by atoms with Gasteiger partial charge in [-0.3, -0.25) is 4.99 Å². The number of aliphatic imine (C=N–C) groups is 1. The highest BCUT2D eigenvalue weighted by molar-refractivity contribution is 5.79. The molecule has 1 N–H and O–H groups in total. The molecule has 3 rings (SSSR count). The molecule has 1 aromatic heterocycles. The quantitative estimate of drug-likeness (QED) is 0.430. The Kier molecular flexibility index (Phi) is 7.70. The molecule has 0 aliphatic carbocycles. The van der Waals surface area contributed by atoms with E-state index < -0.39 is 0 Å². The number of aromatic nitrogens is 3. The number of rotatable bonds is 8. The lowest BCUT2D eigenvalue weighted by atomic mass is 10.2. The van der Waals surface area contributed by atoms with Crippen LogP contribution in [-0.2, 0) is 19.4 Å². The SMILES string of the molecule is CN=C(NCCCc1nnc2n1CCCCC2)N(C)CCOc1ccccc1. The van der Waals surface area contributed by atoms with Crippen LogP contribution in [0, 0.1) is 0 Å². The van der Waals surface area contributed by atoms with Crippen LogP contribution in [0.3, 0.4) is 0 Å². The van der Waals surface area contributed by atoms with Crippen molar-refractivity contribution in [2.24, 2.45) is 4.99 Å². The summed E-state index contributed by atoms with van der Waals surface area (Å²) in [5, 5.41) is 12.2. The van der Waals surface area contributed by atoms with E-state index in [1.54, 1.807) is 0 Å². The first-order valence-electron chi connectivity index (χ1n) is 10.3. The minimum atomic E-state index is 0.618. The smallest absolute Gasteiger partial charge is 0.193 e. The third kappa shape index (κ3) is 5.71. The Morgan fingerprint density at radius 2 is 2.07 bits per heavy atom. The van der Waals surface area contributed by atoms with Crippen LogP contribution in [0.2, 0.25) is 0 Å². The van der Waals surface area contributed by atoms with Crippen molar-refractivity contribution in [3.63, 3.8) is 0 Å². The van der Waals surface area contributed by atoms with Crippen LogP contribution >= 0.6 is 0 Å². The summed E-state index contributed by atoms with van der Waals surface area (Å²) in [6.45, 7) is 3.31. The number of aryl methyl sites for hydroxylation is 2. The molecule has 0 spiro atoms. The summed E-state index contributed by atoms with van der Waals surface area (Å²) in [7, 11) is 3.84. The first-order valence-corrected chi connectivity index (χ1v) is 10.3. The number of nitrogens with one attached hydrogen (secondary N) is 1. The molecule has 0 fully saturated rings. The summed E-state index contributed by atoms with van der Waals surface area (Å²) in [5.74, 6) is 4.07. The molecule has 0 amide bonds. The number of likely N-dealkylation sites (N-methyl/N-ethyl adjacent to an activating group) is 1. The van der Waals surface area contributed by atoms with Crippen molar-refractivity contribution in [2.45, 2.75) is 45.1 Å². The molecule has 1 aliphatic rings. The maximum absolute atomic E-state index is 5.77. The number of ether oxygens (including phenoxy) is 1. The van der Waals surface area contributed by atoms with Crippen LogP contribution in [0.1, 0.15) is 37.3 Å². The summed E-state index contributed by atoms with van der Waals surface area (Å²) in [4.78, 5) is 6.46. The minimum absolute atomic E-state index is 0.618. The van der Waals surface area contributed by atoms with Crippen molar-refractivity contribution in [2.75, 3.05) is 33.8 Å². The fourth-order valence-electron chi connectivity index (χ4n) is 3.48. The first-order chi connectivity index (χ1) is 13.8. The Morgan fingerprint density at radius 1 is 1.21 bits per heavy atom. The highest BCUT2D eigenvalue weighted by Gasteiger charge is 2.14. The molecule has 0 saturated heterocycles. The van der Waals surface area contributed by atoms with Gasteiger partial charge in [-0.25, -0.2) is 0 Å². The standard InChI is InChI=1S/C21H32N6O/c1-22-21(26(2)16-17-28-18-10-5-3-6-11-18)23-14-9-13-20-25-24-19-12-7-4-8-15-27(19)20/h3,5-6,10-11H,4,7-9,12-17H2,1-2H3,(H,22,23). The van der Waals surface area contributed by atoms with Crippen molar-refractivity contribution < 1.29 is 4.74 Å². The lowest BCUT2D eigenvalue weighted by molar-refractivity contribution is 0.281. The van der Waals surface area contributed by atoms with Crippen LogP contribution < -0.4 is 10.1 Å². The van der Waals surface area contributed by atoms with Crippen LogP contribution in [0.5, 0.6) is 5.75 Å². The highest BCUT2D eigenvalue weighted by atomic mass is 16.5. The minimum Gasteiger partial charge on any atom is -0.492 e. The van der Waals surface area contributed by atoms with Crippen molar-refractivity contribution in [1.29, 1.82) is 0 Å². The molecule has 7 heteroatoms. The second-order valence-electron chi connectivity index (χ2n) is 7.16. The number of hydrogen-bond donors (Lipinski definition) is 1. The van der Waals surface area contributed by atoms with E-state index >= 15 is 0 Å². The van der Waals surface area contributed by atoms with Gasteiger partial charge in [-0.2, -0.15) is 0 Å². The molecule has 2 heterocycles. The molecule has 152 valence electrons. The molecule has 7 nitrogen and oxygen atoms in total. The predicted molar refractivity (Wildman–Crippen MR) is 112 cm³/mol. The third-order valence-corrected chi connectivity index (χ3v) is 5.06. The fourth-order valence-corrected chi connectivity index (χ4v) is 3.48. The molecule has 1 aliphatic heterocycles. The Balaban J connectivity index is 1.37. The molecule has 28 heavy (non-hydrogen) atoms. The van der Waals surface area contributed by atoms with Gasteiger partial charge in [0, 0.05) is 40.0 Å². The Labute approximate surface area is 167 Å². The second-order valence-corrected chi connectivity index (χ2v) is 7.16. The van der Waals surface area contributed by atoms with Crippen LogP contribution in [0.15, 0.2) is 35.3 Å². The van der Waals surface area contributed by atoms with Gasteiger partial charge < -0.3 is 19.5 Å². The zero-order valence-corrected chi connectivity index (χ0v) is 17.1. The molecule has 0 atom stereocenters. The lowest BCUT2D eigenvalue weighted by Crippen LogP contribution is -2.41. The molecule has 0 bridgehead atoms. The van der Waals surface area contributed by atoms with Crippen molar-refractivity contribution in [1.82, 2.24) is 25.0 Å². The normalized spacial score (nSPS) is 14.3. The largest absolute Gasteiger partial charge is 0.492 e. The van der Waals surface area contributed by atoms with E-state index in [0.29, 0.717) is 6.61 Å². The fraction of sp³-hybridized carbons (Fsp3) is 0.571. The molecule has 1 aromatic carbocycles. The van der Waals surface area contributed by atoms with Crippen molar-refractivity contribution >= 4 is 5.96 Å². The first kappa shape index (κ1) is 20.2. The number of guanidine groups is 1. The van der Waals surface area contributed by atoms with Crippen molar-refractivity contribution in [3.8, 4) is 5.75 Å². The van der Waals surface area contributed by atoms with Gasteiger partial charge >= 0.3 is 0 Å². The van der Waals surface area contributed by atoms with Crippen LogP contribution in [-0.4, -0.2) is 59.4 Å². The Hall–Kier alpha value is -2.57. The van der Waals surface area contributed by atoms with Crippen LogP contribution in [0.4, 0.5) is 0 Å². The summed E-state index contributed by atoms with van der Waals surface area (Å²) in [6, 6.07) is 9.89. The average molecular weight is 385 g/mol. The zero-order valence-electron chi connectivity index (χ0n) is 17.1. The van der Waals surface area contributed by atoms with E-state index in [-0.39, 0.29) is 0 Å². The average Bonchev–Trinajstić information content (AvgIpc) is 2.95. The maximum atomic E-state index is 5.77. The van der Waals surface area contributed by atoms with Gasteiger partial charge in [0.05, 0.1) is 6.54 Å². The third-order valence-electron chi connectivity index (χ3n) is 5.06. The number of para-hydroxylation sites is 1. The number of fused-ring (bicyclic) bond motifs is 1. The number of benzene rings is 1. The number of nitrogens with zero attached hydrogens (tertiary/aromatic N) is 5. The summed E-state index contributed by atoms with van der Waals surface area (Å²) in [5.41, 5.74) is 0. The molecular weight excluding hydrogens is 352 g/mol. The summed E-state index contributed by atoms with van der Waals surface area (Å²) in [6.07, 6.45) is 6.77. The summed E-state index contributed by atoms with van der Waals surface area (Å²) < 4.78 is 8.09. The van der Waals surface area contributed by atoms with Gasteiger partial charge in [0.25, 0.3) is 0 Å². The zero-order chi connectivity index (χ0) is 19.6. The van der Waals surface area contributed by atoms with Gasteiger partial charge in [0.15, 0.2) is 5.96 Å².